The van der Waals surface area contributed by atoms with E-state index in [0.29, 0.717) is 5.56 Å². The minimum absolute atomic E-state index is 0.00582. The van der Waals surface area contributed by atoms with Crippen molar-refractivity contribution in [3.05, 3.63) is 104 Å². The summed E-state index contributed by atoms with van der Waals surface area (Å²) in [6, 6.07) is 18.2. The monoisotopic (exact) mass is 546 g/mol. The van der Waals surface area contributed by atoms with Gasteiger partial charge in [-0.3, -0.25) is 29.3 Å². The summed E-state index contributed by atoms with van der Waals surface area (Å²) in [5.74, 6) is -5.43. The fourth-order valence-electron chi connectivity index (χ4n) is 5.47. The molecule has 10 heteroatoms. The van der Waals surface area contributed by atoms with Crippen molar-refractivity contribution in [2.24, 2.45) is 11.8 Å². The van der Waals surface area contributed by atoms with Gasteiger partial charge in [0.05, 0.1) is 28.6 Å². The van der Waals surface area contributed by atoms with Crippen molar-refractivity contribution in [1.29, 1.82) is 0 Å². The van der Waals surface area contributed by atoms with Gasteiger partial charge in [0.15, 0.2) is 0 Å². The van der Waals surface area contributed by atoms with Crippen molar-refractivity contribution >= 4 is 50.7 Å². The van der Waals surface area contributed by atoms with Crippen molar-refractivity contribution in [3.63, 3.8) is 0 Å². The number of nitrogens with zero attached hydrogens (tertiary/aromatic N) is 2. The van der Waals surface area contributed by atoms with Crippen molar-refractivity contribution in [1.82, 2.24) is 0 Å². The van der Waals surface area contributed by atoms with Gasteiger partial charge in [0.1, 0.15) is 0 Å². The maximum atomic E-state index is 13.9. The van der Waals surface area contributed by atoms with Gasteiger partial charge in [0.25, 0.3) is 5.69 Å². The molecule has 1 spiro atoms. The van der Waals surface area contributed by atoms with Crippen LogP contribution in [0.4, 0.5) is 11.4 Å². The maximum Gasteiger partial charge on any atom is 0.271 e. The Bertz CT molecular complexity index is 1480. The second-order valence-electron chi connectivity index (χ2n) is 8.82. The van der Waals surface area contributed by atoms with E-state index in [4.69, 9.17) is 4.74 Å². The molecule has 3 aliphatic rings. The number of imide groups is 1. The highest BCUT2D eigenvalue weighted by Crippen LogP contribution is 2.57. The number of ether oxygens (including phenoxy) is 1. The Labute approximate surface area is 211 Å². The van der Waals surface area contributed by atoms with E-state index in [1.807, 2.05) is 0 Å². The Balaban J connectivity index is 1.54. The number of carbonyl (C=O) groups excluding carboxylic acids is 4. The number of fused-ring (bicyclic) bond motifs is 3. The summed E-state index contributed by atoms with van der Waals surface area (Å²) in [6.45, 7) is 0. The van der Waals surface area contributed by atoms with Gasteiger partial charge >= 0.3 is 0 Å². The fourth-order valence-corrected chi connectivity index (χ4v) is 5.74. The number of ketones is 2. The predicted octanol–water partition coefficient (Wildman–Crippen LogP) is 4.05. The Morgan fingerprint density at radius 3 is 2.11 bits per heavy atom. The standard InChI is InChI=1S/C26H15BrN2O7/c27-14-10-8-13(9-11-14)21-19-20(26(36-21)22(30)17-6-1-2-7-18(17)23(26)31)25(33)28(24(19)32)15-4-3-5-16(12-15)29(34)35/h1-12,19-21H/t19-,20+,21+/m0/s1. The molecule has 0 N–H and O–H groups in total. The van der Waals surface area contributed by atoms with Gasteiger partial charge < -0.3 is 4.74 Å². The molecule has 0 bridgehead atoms. The van der Waals surface area contributed by atoms with Crippen molar-refractivity contribution in [2.45, 2.75) is 11.7 Å². The van der Waals surface area contributed by atoms with E-state index in [-0.39, 0.29) is 22.5 Å². The first-order chi connectivity index (χ1) is 17.3. The van der Waals surface area contributed by atoms with Crippen LogP contribution in [-0.4, -0.2) is 33.9 Å². The van der Waals surface area contributed by atoms with Gasteiger partial charge in [-0.1, -0.05) is 58.4 Å². The van der Waals surface area contributed by atoms with Crippen LogP contribution in [0.15, 0.2) is 77.3 Å². The van der Waals surface area contributed by atoms with Crippen LogP contribution in [0.25, 0.3) is 0 Å². The van der Waals surface area contributed by atoms with Gasteiger partial charge in [-0.2, -0.15) is 0 Å². The van der Waals surface area contributed by atoms with E-state index in [1.165, 1.54) is 30.3 Å². The van der Waals surface area contributed by atoms with Crippen LogP contribution in [-0.2, 0) is 14.3 Å². The minimum Gasteiger partial charge on any atom is -0.349 e. The number of anilines is 1. The van der Waals surface area contributed by atoms with Gasteiger partial charge in [-0.15, -0.1) is 0 Å². The van der Waals surface area contributed by atoms with Crippen LogP contribution < -0.4 is 4.90 Å². The fraction of sp³-hybridized carbons (Fsp3) is 0.154. The van der Waals surface area contributed by atoms with Crippen LogP contribution in [0.2, 0.25) is 0 Å². The van der Waals surface area contributed by atoms with Crippen LogP contribution in [0.3, 0.4) is 0 Å². The third-order valence-electron chi connectivity index (χ3n) is 7.02. The summed E-state index contributed by atoms with van der Waals surface area (Å²) in [6.07, 6.45) is -1.06. The summed E-state index contributed by atoms with van der Waals surface area (Å²) in [5, 5.41) is 11.3. The molecule has 2 amide bonds. The number of nitro groups is 1. The molecule has 0 unspecified atom stereocenters. The first-order valence-corrected chi connectivity index (χ1v) is 11.8. The zero-order chi connectivity index (χ0) is 25.4. The number of nitro benzene ring substituents is 1. The second-order valence-corrected chi connectivity index (χ2v) is 9.74. The third-order valence-corrected chi connectivity index (χ3v) is 7.55. The van der Waals surface area contributed by atoms with Crippen LogP contribution >= 0.6 is 15.9 Å². The highest BCUT2D eigenvalue weighted by atomic mass is 79.9. The number of benzene rings is 3. The van der Waals surface area contributed by atoms with Crippen molar-refractivity contribution < 1.29 is 28.8 Å². The molecule has 2 aliphatic heterocycles. The van der Waals surface area contributed by atoms with Crippen molar-refractivity contribution in [2.75, 3.05) is 4.90 Å². The Kier molecular flexibility index (Phi) is 4.83. The lowest BCUT2D eigenvalue weighted by atomic mass is 9.77. The number of hydrogen-bond acceptors (Lipinski definition) is 7. The molecule has 6 rings (SSSR count). The van der Waals surface area contributed by atoms with E-state index in [2.05, 4.69) is 15.9 Å². The first kappa shape index (κ1) is 22.4. The quantitative estimate of drug-likeness (QED) is 0.210. The lowest BCUT2D eigenvalue weighted by molar-refractivity contribution is -0.384. The lowest BCUT2D eigenvalue weighted by Crippen LogP contribution is -2.51. The number of rotatable bonds is 3. The summed E-state index contributed by atoms with van der Waals surface area (Å²) in [7, 11) is 0. The topological polar surface area (TPSA) is 124 Å². The molecular formula is C26H15BrN2O7. The molecule has 2 saturated heterocycles. The number of amides is 2. The Morgan fingerprint density at radius 1 is 0.861 bits per heavy atom. The number of Topliss-reactive ketones (excluding diaryl/α,β-unsaturated/α-hetero) is 2. The minimum atomic E-state index is -2.20. The van der Waals surface area contributed by atoms with Crippen molar-refractivity contribution in [3.8, 4) is 0 Å². The molecule has 2 fully saturated rings. The van der Waals surface area contributed by atoms with Crippen LogP contribution in [0, 0.1) is 22.0 Å². The van der Waals surface area contributed by atoms with E-state index < -0.39 is 51.8 Å². The molecule has 3 aromatic carbocycles. The number of hydrogen-bond donors (Lipinski definition) is 0. The summed E-state index contributed by atoms with van der Waals surface area (Å²) < 4.78 is 6.97. The Hall–Kier alpha value is -4.02. The van der Waals surface area contributed by atoms with E-state index >= 15 is 0 Å². The molecule has 0 radical (unpaired) electrons. The number of carbonyl (C=O) groups is 4. The molecule has 9 nitrogen and oxygen atoms in total. The number of non-ortho nitro benzene ring substituents is 1. The lowest BCUT2D eigenvalue weighted by Gasteiger charge is -2.27. The summed E-state index contributed by atoms with van der Waals surface area (Å²) in [4.78, 5) is 66.6. The maximum absolute atomic E-state index is 13.9. The largest absolute Gasteiger partial charge is 0.349 e. The van der Waals surface area contributed by atoms with Gasteiger partial charge in [0, 0.05) is 27.7 Å². The molecule has 178 valence electrons. The molecule has 36 heavy (non-hydrogen) atoms. The van der Waals surface area contributed by atoms with Crippen LogP contribution in [0.5, 0.6) is 0 Å². The summed E-state index contributed by atoms with van der Waals surface area (Å²) >= 11 is 3.36. The van der Waals surface area contributed by atoms with Gasteiger partial charge in [-0.25, -0.2) is 4.90 Å². The predicted molar refractivity (Wildman–Crippen MR) is 128 cm³/mol. The smallest absolute Gasteiger partial charge is 0.271 e. The molecular weight excluding hydrogens is 532 g/mol. The van der Waals surface area contributed by atoms with E-state index in [9.17, 15) is 29.3 Å². The molecule has 0 saturated carbocycles. The average molecular weight is 547 g/mol. The van der Waals surface area contributed by atoms with Gasteiger partial charge in [0.2, 0.25) is 29.0 Å². The summed E-state index contributed by atoms with van der Waals surface area (Å²) in [5.41, 5.74) is -1.73. The highest BCUT2D eigenvalue weighted by Gasteiger charge is 2.74. The normalized spacial score (nSPS) is 23.9. The van der Waals surface area contributed by atoms with E-state index in [1.54, 1.807) is 36.4 Å². The molecule has 0 aromatic heterocycles. The molecule has 3 atom stereocenters. The average Bonchev–Trinajstić information content (AvgIpc) is 3.44. The molecule has 1 aliphatic carbocycles. The van der Waals surface area contributed by atoms with Gasteiger partial charge in [-0.05, 0) is 23.8 Å². The Morgan fingerprint density at radius 2 is 1.50 bits per heavy atom. The highest BCUT2D eigenvalue weighted by molar-refractivity contribution is 9.10. The van der Waals surface area contributed by atoms with E-state index in [0.717, 1.165) is 15.4 Å². The first-order valence-electron chi connectivity index (χ1n) is 11.0. The molecule has 3 aromatic rings. The SMILES string of the molecule is O=C1[C@@H]2[C@@H](c3ccc(Br)cc3)OC3(C(=O)c4ccccc4C3=O)[C@H]2C(=O)N1c1cccc([N+](=O)[O-])c1. The number of halogens is 1. The second kappa shape index (κ2) is 7.74. The molecule has 2 heterocycles. The third kappa shape index (κ3) is 2.85. The zero-order valence-electron chi connectivity index (χ0n) is 18.3. The zero-order valence-corrected chi connectivity index (χ0v) is 19.9. The van der Waals surface area contributed by atoms with Crippen LogP contribution in [0.1, 0.15) is 32.4 Å².